The van der Waals surface area contributed by atoms with Crippen molar-refractivity contribution in [3.63, 3.8) is 0 Å². The highest BCUT2D eigenvalue weighted by molar-refractivity contribution is 5.94. The van der Waals surface area contributed by atoms with Crippen LogP contribution in [0.25, 0.3) is 10.8 Å². The predicted octanol–water partition coefficient (Wildman–Crippen LogP) is 3.44. The van der Waals surface area contributed by atoms with Crippen LogP contribution < -0.4 is 16.0 Å². The minimum Gasteiger partial charge on any atom is -0.466 e. The van der Waals surface area contributed by atoms with Crippen molar-refractivity contribution in [2.45, 2.75) is 57.7 Å². The molecule has 0 heterocycles. The quantitative estimate of drug-likeness (QED) is 0.182. The second-order valence-electron chi connectivity index (χ2n) is 9.76. The number of ether oxygens (including phenoxy) is 2. The van der Waals surface area contributed by atoms with Crippen molar-refractivity contribution in [1.82, 2.24) is 16.0 Å². The summed E-state index contributed by atoms with van der Waals surface area (Å²) < 4.78 is 10.4. The smallest absolute Gasteiger partial charge is 0.308 e. The number of carbonyl (C=O) groups is 4. The van der Waals surface area contributed by atoms with Crippen molar-refractivity contribution in [3.05, 3.63) is 83.9 Å². The lowest BCUT2D eigenvalue weighted by atomic mass is 10.0. The van der Waals surface area contributed by atoms with E-state index in [0.29, 0.717) is 12.8 Å². The van der Waals surface area contributed by atoms with Crippen LogP contribution in [-0.4, -0.2) is 56.1 Å². The van der Waals surface area contributed by atoms with Crippen molar-refractivity contribution in [3.8, 4) is 0 Å². The summed E-state index contributed by atoms with van der Waals surface area (Å²) in [5.74, 6) is -2.12. The third kappa shape index (κ3) is 10.3. The molecule has 0 bridgehead atoms. The van der Waals surface area contributed by atoms with Gasteiger partial charge in [0.2, 0.25) is 17.7 Å². The molecule has 3 aromatic carbocycles. The molecule has 3 amide bonds. The van der Waals surface area contributed by atoms with Crippen LogP contribution in [-0.2, 0) is 41.6 Å². The van der Waals surface area contributed by atoms with Gasteiger partial charge in [-0.2, -0.15) is 0 Å². The highest BCUT2D eigenvalue weighted by atomic mass is 16.5. The Morgan fingerprint density at radius 1 is 0.829 bits per heavy atom. The van der Waals surface area contributed by atoms with Crippen molar-refractivity contribution < 1.29 is 28.7 Å². The second kappa shape index (κ2) is 16.8. The number of unbranched alkanes of at least 4 members (excludes halogenated alkanes) is 1. The Morgan fingerprint density at radius 3 is 2.32 bits per heavy atom. The molecule has 0 aliphatic heterocycles. The molecular formula is C32H39N3O6. The zero-order valence-electron chi connectivity index (χ0n) is 23.7. The van der Waals surface area contributed by atoms with Gasteiger partial charge in [0, 0.05) is 20.1 Å². The highest BCUT2D eigenvalue weighted by Crippen LogP contribution is 2.18. The number of fused-ring (bicyclic) bond motifs is 1. The first kappa shape index (κ1) is 31.3. The van der Waals surface area contributed by atoms with E-state index in [1.54, 1.807) is 0 Å². The maximum Gasteiger partial charge on any atom is 0.308 e. The summed E-state index contributed by atoms with van der Waals surface area (Å²) in [5, 5.41) is 10.2. The lowest BCUT2D eigenvalue weighted by Gasteiger charge is -2.22. The number of hydrogen-bond acceptors (Lipinski definition) is 6. The number of methoxy groups -OCH3 is 1. The monoisotopic (exact) mass is 561 g/mol. The Balaban J connectivity index is 1.65. The van der Waals surface area contributed by atoms with Gasteiger partial charge in [0.1, 0.15) is 12.1 Å². The topological polar surface area (TPSA) is 123 Å². The van der Waals surface area contributed by atoms with Gasteiger partial charge >= 0.3 is 5.97 Å². The molecule has 0 aliphatic carbocycles. The summed E-state index contributed by atoms with van der Waals surface area (Å²) >= 11 is 0. The minimum absolute atomic E-state index is 0.0945. The summed E-state index contributed by atoms with van der Waals surface area (Å²) in [5.41, 5.74) is 1.91. The maximum atomic E-state index is 13.3. The Labute approximate surface area is 241 Å². The molecule has 0 aliphatic rings. The molecular weight excluding hydrogens is 522 g/mol. The van der Waals surface area contributed by atoms with Gasteiger partial charge in [-0.05, 0) is 34.7 Å². The van der Waals surface area contributed by atoms with E-state index in [4.69, 9.17) is 9.47 Å². The maximum absolute atomic E-state index is 13.3. The van der Waals surface area contributed by atoms with Gasteiger partial charge in [-0.15, -0.1) is 0 Å². The number of nitrogens with one attached hydrogen (secondary N) is 3. The molecule has 218 valence electrons. The van der Waals surface area contributed by atoms with E-state index in [0.717, 1.165) is 28.3 Å². The first-order valence-corrected chi connectivity index (χ1v) is 13.9. The van der Waals surface area contributed by atoms with Crippen LogP contribution in [0.1, 0.15) is 43.7 Å². The van der Waals surface area contributed by atoms with Crippen LogP contribution in [0.5, 0.6) is 0 Å². The number of amides is 3. The molecule has 3 aromatic rings. The summed E-state index contributed by atoms with van der Waals surface area (Å²) in [6.07, 6.45) is 1.79. The number of esters is 1. The lowest BCUT2D eigenvalue weighted by molar-refractivity contribution is -0.146. The first-order valence-electron chi connectivity index (χ1n) is 13.9. The standard InChI is InChI=1S/C32H39N3O6/c1-3-4-19-41-30(37)20-27(34-29(36)18-17-23-11-6-5-7-12-23)32(39)35-28(22-40-2)31(38)33-21-25-15-10-14-24-13-8-9-16-26(24)25/h5-16,27-28H,3-4,17-22H2,1-2H3,(H,33,38)(H,34,36)(H,35,39)/t27-,28-/m0/s1. The zero-order valence-corrected chi connectivity index (χ0v) is 23.7. The highest BCUT2D eigenvalue weighted by Gasteiger charge is 2.29. The first-order chi connectivity index (χ1) is 19.9. The van der Waals surface area contributed by atoms with Gasteiger partial charge in [-0.25, -0.2) is 0 Å². The molecule has 9 heteroatoms. The van der Waals surface area contributed by atoms with Gasteiger partial charge in [0.25, 0.3) is 0 Å². The Bertz CT molecular complexity index is 1290. The van der Waals surface area contributed by atoms with Gasteiger partial charge in [-0.1, -0.05) is 86.1 Å². The normalized spacial score (nSPS) is 12.2. The average molecular weight is 562 g/mol. The fourth-order valence-corrected chi connectivity index (χ4v) is 4.31. The van der Waals surface area contributed by atoms with E-state index in [2.05, 4.69) is 16.0 Å². The molecule has 9 nitrogen and oxygen atoms in total. The Kier molecular flexibility index (Phi) is 12.8. The van der Waals surface area contributed by atoms with Crippen LogP contribution >= 0.6 is 0 Å². The molecule has 0 fully saturated rings. The van der Waals surface area contributed by atoms with Gasteiger partial charge in [-0.3, -0.25) is 19.2 Å². The molecule has 0 spiro atoms. The van der Waals surface area contributed by atoms with E-state index in [9.17, 15) is 19.2 Å². The molecule has 0 radical (unpaired) electrons. The second-order valence-corrected chi connectivity index (χ2v) is 9.76. The predicted molar refractivity (Wildman–Crippen MR) is 157 cm³/mol. The summed E-state index contributed by atoms with van der Waals surface area (Å²) in [6, 6.07) is 20.9. The van der Waals surface area contributed by atoms with Crippen molar-refractivity contribution in [1.29, 1.82) is 0 Å². The molecule has 0 saturated heterocycles. The summed E-state index contributed by atoms with van der Waals surface area (Å²) in [4.78, 5) is 51.6. The fourth-order valence-electron chi connectivity index (χ4n) is 4.31. The average Bonchev–Trinajstić information content (AvgIpc) is 2.98. The lowest BCUT2D eigenvalue weighted by Crippen LogP contribution is -2.55. The van der Waals surface area contributed by atoms with Crippen LogP contribution in [0.2, 0.25) is 0 Å². The van der Waals surface area contributed by atoms with E-state index < -0.39 is 29.9 Å². The third-order valence-electron chi connectivity index (χ3n) is 6.57. The molecule has 0 saturated carbocycles. The number of carbonyl (C=O) groups excluding carboxylic acids is 4. The van der Waals surface area contributed by atoms with Gasteiger partial charge in [0.05, 0.1) is 19.6 Å². The van der Waals surface area contributed by atoms with Crippen LogP contribution in [0.3, 0.4) is 0 Å². The largest absolute Gasteiger partial charge is 0.466 e. The Hall–Kier alpha value is -4.24. The van der Waals surface area contributed by atoms with E-state index in [1.807, 2.05) is 79.7 Å². The number of rotatable bonds is 16. The number of hydrogen-bond donors (Lipinski definition) is 3. The number of benzene rings is 3. The van der Waals surface area contributed by atoms with Crippen molar-refractivity contribution in [2.75, 3.05) is 20.3 Å². The molecule has 41 heavy (non-hydrogen) atoms. The van der Waals surface area contributed by atoms with E-state index in [-0.39, 0.29) is 38.5 Å². The zero-order chi connectivity index (χ0) is 29.5. The SMILES string of the molecule is CCCCOC(=O)C[C@H](NC(=O)CCc1ccccc1)C(=O)N[C@@H](COC)C(=O)NCc1cccc2ccccc12. The van der Waals surface area contributed by atoms with Crippen LogP contribution in [0.4, 0.5) is 0 Å². The summed E-state index contributed by atoms with van der Waals surface area (Å²) in [6.45, 7) is 2.36. The third-order valence-corrected chi connectivity index (χ3v) is 6.57. The van der Waals surface area contributed by atoms with E-state index in [1.165, 1.54) is 7.11 Å². The summed E-state index contributed by atoms with van der Waals surface area (Å²) in [7, 11) is 1.42. The van der Waals surface area contributed by atoms with Crippen LogP contribution in [0, 0.1) is 0 Å². The van der Waals surface area contributed by atoms with Gasteiger partial charge < -0.3 is 25.4 Å². The van der Waals surface area contributed by atoms with Gasteiger partial charge in [0.15, 0.2) is 0 Å². The molecule has 3 rings (SSSR count). The Morgan fingerprint density at radius 2 is 1.56 bits per heavy atom. The minimum atomic E-state index is -1.21. The number of aryl methyl sites for hydroxylation is 1. The van der Waals surface area contributed by atoms with E-state index >= 15 is 0 Å². The molecule has 2 atom stereocenters. The molecule has 0 aromatic heterocycles. The molecule has 3 N–H and O–H groups in total. The van der Waals surface area contributed by atoms with Crippen molar-refractivity contribution >= 4 is 34.5 Å². The van der Waals surface area contributed by atoms with Crippen LogP contribution in [0.15, 0.2) is 72.8 Å². The fraction of sp³-hybridized carbons (Fsp3) is 0.375. The molecule has 0 unspecified atom stereocenters. The van der Waals surface area contributed by atoms with Crippen molar-refractivity contribution in [2.24, 2.45) is 0 Å².